The van der Waals surface area contributed by atoms with Crippen molar-refractivity contribution in [3.05, 3.63) is 0 Å². The summed E-state index contributed by atoms with van der Waals surface area (Å²) in [4.78, 5) is 0. The Bertz CT molecular complexity index is 263. The molecule has 0 heterocycles. The average Bonchev–Trinajstić information content (AvgIpc) is 2.09. The minimum Gasteiger partial charge on any atom is -0.271 e. The molecular weight excluding hydrogens is 212 g/mol. The summed E-state index contributed by atoms with van der Waals surface area (Å²) in [6.45, 7) is 6.42. The first-order valence-electron chi connectivity index (χ1n) is 5.41. The van der Waals surface area contributed by atoms with Crippen molar-refractivity contribution in [2.75, 3.05) is 12.0 Å². The highest BCUT2D eigenvalue weighted by molar-refractivity contribution is 7.90. The lowest BCUT2D eigenvalue weighted by atomic mass is 9.88. The van der Waals surface area contributed by atoms with Gasteiger partial charge in [-0.1, -0.05) is 20.8 Å². The first-order chi connectivity index (χ1) is 6.78. The molecule has 0 aliphatic carbocycles. The van der Waals surface area contributed by atoms with Crippen LogP contribution in [0.15, 0.2) is 0 Å². The zero-order valence-electron chi connectivity index (χ0n) is 10.2. The van der Waals surface area contributed by atoms with Gasteiger partial charge in [-0.3, -0.25) is 11.3 Å². The molecule has 4 nitrogen and oxygen atoms in total. The quantitative estimate of drug-likeness (QED) is 0.509. The van der Waals surface area contributed by atoms with Crippen molar-refractivity contribution >= 4 is 9.84 Å². The molecule has 0 aromatic carbocycles. The van der Waals surface area contributed by atoms with Gasteiger partial charge in [0, 0.05) is 18.1 Å². The second-order valence-electron chi connectivity index (χ2n) is 4.65. The van der Waals surface area contributed by atoms with Gasteiger partial charge in [0.15, 0.2) is 0 Å². The normalized spacial score (nSPS) is 16.7. The SMILES string of the molecule is CC(C)C(C)C(CCCS(C)(=O)=O)NN. The van der Waals surface area contributed by atoms with E-state index in [2.05, 4.69) is 26.2 Å². The minimum atomic E-state index is -2.84. The summed E-state index contributed by atoms with van der Waals surface area (Å²) in [6.07, 6.45) is 2.75. The molecule has 0 aromatic heterocycles. The predicted octanol–water partition coefficient (Wildman–Crippen LogP) is 0.935. The molecule has 2 unspecified atom stereocenters. The maximum absolute atomic E-state index is 11.0. The summed E-state index contributed by atoms with van der Waals surface area (Å²) in [7, 11) is -2.84. The Morgan fingerprint density at radius 2 is 1.80 bits per heavy atom. The molecule has 0 saturated heterocycles. The van der Waals surface area contributed by atoms with Gasteiger partial charge >= 0.3 is 0 Å². The molecule has 92 valence electrons. The Kier molecular flexibility index (Phi) is 6.40. The van der Waals surface area contributed by atoms with E-state index in [1.54, 1.807) is 0 Å². The van der Waals surface area contributed by atoms with E-state index in [1.165, 1.54) is 6.26 Å². The Balaban J connectivity index is 4.01. The summed E-state index contributed by atoms with van der Waals surface area (Å²) >= 11 is 0. The fourth-order valence-corrected chi connectivity index (χ4v) is 2.22. The minimum absolute atomic E-state index is 0.201. The first kappa shape index (κ1) is 14.9. The number of hydrazine groups is 1. The van der Waals surface area contributed by atoms with Crippen LogP contribution in [-0.4, -0.2) is 26.5 Å². The van der Waals surface area contributed by atoms with Crippen molar-refractivity contribution < 1.29 is 8.42 Å². The third-order valence-electron chi connectivity index (χ3n) is 2.93. The van der Waals surface area contributed by atoms with Gasteiger partial charge in [0.1, 0.15) is 9.84 Å². The van der Waals surface area contributed by atoms with Crippen LogP contribution >= 0.6 is 0 Å². The lowest BCUT2D eigenvalue weighted by Crippen LogP contribution is -2.41. The molecule has 0 aliphatic heterocycles. The summed E-state index contributed by atoms with van der Waals surface area (Å²) in [5.41, 5.74) is 2.77. The highest BCUT2D eigenvalue weighted by Crippen LogP contribution is 2.17. The molecule has 0 spiro atoms. The third-order valence-corrected chi connectivity index (χ3v) is 3.96. The summed E-state index contributed by atoms with van der Waals surface area (Å²) in [5.74, 6) is 6.71. The number of hydrogen-bond donors (Lipinski definition) is 2. The molecule has 0 aliphatic rings. The Labute approximate surface area is 93.5 Å². The van der Waals surface area contributed by atoms with Gasteiger partial charge in [-0.05, 0) is 24.7 Å². The van der Waals surface area contributed by atoms with Crippen LogP contribution in [0.25, 0.3) is 0 Å². The van der Waals surface area contributed by atoms with Gasteiger partial charge in [-0.25, -0.2) is 8.42 Å². The van der Waals surface area contributed by atoms with Crippen molar-refractivity contribution in [3.8, 4) is 0 Å². The van der Waals surface area contributed by atoms with E-state index in [0.717, 1.165) is 6.42 Å². The third kappa shape index (κ3) is 6.87. The van der Waals surface area contributed by atoms with E-state index in [9.17, 15) is 8.42 Å². The van der Waals surface area contributed by atoms with Crippen LogP contribution in [-0.2, 0) is 9.84 Å². The monoisotopic (exact) mass is 236 g/mol. The topological polar surface area (TPSA) is 72.2 Å². The van der Waals surface area contributed by atoms with Gasteiger partial charge in [-0.15, -0.1) is 0 Å². The molecular formula is C10H24N2O2S. The molecule has 0 saturated carbocycles. The number of hydrogen-bond acceptors (Lipinski definition) is 4. The molecule has 2 atom stereocenters. The van der Waals surface area contributed by atoms with Crippen LogP contribution in [0.4, 0.5) is 0 Å². The van der Waals surface area contributed by atoms with E-state index in [-0.39, 0.29) is 11.8 Å². The highest BCUT2D eigenvalue weighted by Gasteiger charge is 2.19. The molecule has 5 heteroatoms. The zero-order chi connectivity index (χ0) is 12.1. The molecule has 0 amide bonds. The molecule has 0 bridgehead atoms. The Hall–Kier alpha value is -0.130. The van der Waals surface area contributed by atoms with Gasteiger partial charge in [-0.2, -0.15) is 0 Å². The van der Waals surface area contributed by atoms with E-state index in [4.69, 9.17) is 5.84 Å². The van der Waals surface area contributed by atoms with Gasteiger partial charge in [0.2, 0.25) is 0 Å². The zero-order valence-corrected chi connectivity index (χ0v) is 11.0. The van der Waals surface area contributed by atoms with Crippen LogP contribution in [0.3, 0.4) is 0 Å². The van der Waals surface area contributed by atoms with E-state index >= 15 is 0 Å². The summed E-state index contributed by atoms with van der Waals surface area (Å²) < 4.78 is 21.9. The van der Waals surface area contributed by atoms with Crippen molar-refractivity contribution in [1.82, 2.24) is 5.43 Å². The van der Waals surface area contributed by atoms with Crippen LogP contribution in [0, 0.1) is 11.8 Å². The van der Waals surface area contributed by atoms with Gasteiger partial charge < -0.3 is 0 Å². The van der Waals surface area contributed by atoms with Crippen LogP contribution in [0.5, 0.6) is 0 Å². The van der Waals surface area contributed by atoms with E-state index in [0.29, 0.717) is 18.3 Å². The predicted molar refractivity (Wildman–Crippen MR) is 64.1 cm³/mol. The van der Waals surface area contributed by atoms with Crippen LogP contribution in [0.1, 0.15) is 33.6 Å². The number of rotatable bonds is 7. The van der Waals surface area contributed by atoms with Gasteiger partial charge in [0.25, 0.3) is 0 Å². The van der Waals surface area contributed by atoms with Crippen LogP contribution < -0.4 is 11.3 Å². The van der Waals surface area contributed by atoms with Crippen molar-refractivity contribution in [3.63, 3.8) is 0 Å². The van der Waals surface area contributed by atoms with Gasteiger partial charge in [0.05, 0.1) is 0 Å². The molecule has 3 N–H and O–H groups in total. The highest BCUT2D eigenvalue weighted by atomic mass is 32.2. The Morgan fingerprint density at radius 3 is 2.13 bits per heavy atom. The lowest BCUT2D eigenvalue weighted by molar-refractivity contribution is 0.286. The summed E-state index contributed by atoms with van der Waals surface area (Å²) in [5, 5.41) is 0. The summed E-state index contributed by atoms with van der Waals surface area (Å²) in [6, 6.07) is 0.201. The Morgan fingerprint density at radius 1 is 1.27 bits per heavy atom. The maximum atomic E-state index is 11.0. The first-order valence-corrected chi connectivity index (χ1v) is 7.48. The smallest absolute Gasteiger partial charge is 0.147 e. The number of sulfone groups is 1. The van der Waals surface area contributed by atoms with Crippen molar-refractivity contribution in [1.29, 1.82) is 0 Å². The number of nitrogens with two attached hydrogens (primary N) is 1. The standard InChI is InChI=1S/C10H24N2O2S/c1-8(2)9(3)10(12-11)6-5-7-15(4,13)14/h8-10,12H,5-7,11H2,1-4H3. The molecule has 0 radical (unpaired) electrons. The maximum Gasteiger partial charge on any atom is 0.147 e. The molecule has 15 heavy (non-hydrogen) atoms. The molecule has 0 fully saturated rings. The van der Waals surface area contributed by atoms with Crippen LogP contribution in [0.2, 0.25) is 0 Å². The number of nitrogens with one attached hydrogen (secondary N) is 1. The molecule has 0 rings (SSSR count). The fraction of sp³-hybridized carbons (Fsp3) is 1.00. The second-order valence-corrected chi connectivity index (χ2v) is 6.91. The van der Waals surface area contributed by atoms with E-state index < -0.39 is 9.84 Å². The lowest BCUT2D eigenvalue weighted by Gasteiger charge is -2.26. The largest absolute Gasteiger partial charge is 0.271 e. The van der Waals surface area contributed by atoms with Crippen molar-refractivity contribution in [2.45, 2.75) is 39.7 Å². The van der Waals surface area contributed by atoms with Crippen molar-refractivity contribution in [2.24, 2.45) is 17.7 Å². The average molecular weight is 236 g/mol. The second kappa shape index (κ2) is 6.45. The van der Waals surface area contributed by atoms with E-state index in [1.807, 2.05) is 0 Å². The fourth-order valence-electron chi connectivity index (χ4n) is 1.53. The molecule has 0 aromatic rings.